The average molecular weight is 580 g/mol. The first kappa shape index (κ1) is 24.2. The highest BCUT2D eigenvalue weighted by atomic mass is 16.3. The Hall–Kier alpha value is -5.16. The van der Waals surface area contributed by atoms with Crippen molar-refractivity contribution in [3.63, 3.8) is 0 Å². The molecule has 45 heavy (non-hydrogen) atoms. The first-order valence-corrected chi connectivity index (χ1v) is 16.0. The fraction of sp³-hybridized carbons (Fsp3) is 0.150. The van der Waals surface area contributed by atoms with E-state index < -0.39 is 0 Å². The lowest BCUT2D eigenvalue weighted by Gasteiger charge is -2.34. The van der Waals surface area contributed by atoms with E-state index in [2.05, 4.69) is 139 Å². The zero-order valence-corrected chi connectivity index (χ0v) is 26.0. The molecule has 0 aliphatic carbocycles. The summed E-state index contributed by atoms with van der Waals surface area (Å²) in [6, 6.07) is 34.2. The van der Waals surface area contributed by atoms with Crippen LogP contribution in [0.5, 0.6) is 0 Å². The molecule has 4 nitrogen and oxygen atoms in total. The van der Waals surface area contributed by atoms with E-state index in [1.807, 2.05) is 0 Å². The predicted molar refractivity (Wildman–Crippen MR) is 189 cm³/mol. The third-order valence-electron chi connectivity index (χ3n) is 10.6. The number of nitrogens with zero attached hydrogens (tertiary/aromatic N) is 3. The van der Waals surface area contributed by atoms with Gasteiger partial charge in [0.1, 0.15) is 16.7 Å². The molecule has 0 radical (unpaired) electrons. The van der Waals surface area contributed by atoms with Gasteiger partial charge in [0.15, 0.2) is 0 Å². The van der Waals surface area contributed by atoms with Crippen LogP contribution in [0.25, 0.3) is 71.9 Å². The van der Waals surface area contributed by atoms with E-state index in [4.69, 9.17) is 4.42 Å². The fourth-order valence-corrected chi connectivity index (χ4v) is 8.78. The smallest absolute Gasteiger partial charge is 0.255 e. The van der Waals surface area contributed by atoms with Crippen LogP contribution < -0.4 is 16.4 Å². The van der Waals surface area contributed by atoms with Gasteiger partial charge in [0, 0.05) is 33.1 Å². The van der Waals surface area contributed by atoms with Gasteiger partial charge >= 0.3 is 0 Å². The third-order valence-corrected chi connectivity index (χ3v) is 10.6. The van der Waals surface area contributed by atoms with Crippen LogP contribution in [0.1, 0.15) is 37.5 Å². The normalized spacial score (nSPS) is 13.8. The minimum Gasteiger partial charge on any atom is -0.437 e. The van der Waals surface area contributed by atoms with Gasteiger partial charge in [-0.05, 0) is 95.1 Å². The second-order valence-electron chi connectivity index (χ2n) is 14.4. The van der Waals surface area contributed by atoms with Crippen LogP contribution >= 0.6 is 0 Å². The zero-order chi connectivity index (χ0) is 30.1. The molecule has 5 aromatic carbocycles. The molecule has 0 fully saturated rings. The number of furan rings is 1. The van der Waals surface area contributed by atoms with Crippen molar-refractivity contribution in [2.45, 2.75) is 40.0 Å². The van der Waals surface area contributed by atoms with Crippen LogP contribution in [0, 0.1) is 13.8 Å². The predicted octanol–water partition coefficient (Wildman–Crippen LogP) is 7.94. The SMILES string of the molecule is Cc1ccc2c(c1)c1cc(C)cc3c1n2-c1cc(C(C)(C)C)cc2c1B3c1c3ccccc3n3c4c5ccccc5oc4n-2c13. The highest BCUT2D eigenvalue weighted by Gasteiger charge is 2.44. The number of aromatic nitrogens is 3. The van der Waals surface area contributed by atoms with Gasteiger partial charge in [-0.1, -0.05) is 74.4 Å². The summed E-state index contributed by atoms with van der Waals surface area (Å²) in [7, 11) is 0. The maximum atomic E-state index is 6.81. The van der Waals surface area contributed by atoms with Crippen LogP contribution in [-0.2, 0) is 5.41 Å². The molecule has 11 rings (SSSR count). The summed E-state index contributed by atoms with van der Waals surface area (Å²) in [4.78, 5) is 0. The van der Waals surface area contributed by atoms with Gasteiger partial charge in [0.25, 0.3) is 6.71 Å². The molecule has 2 aliphatic rings. The molecule has 0 spiro atoms. The van der Waals surface area contributed by atoms with E-state index in [0.29, 0.717) is 0 Å². The van der Waals surface area contributed by atoms with Gasteiger partial charge < -0.3 is 8.98 Å². The van der Waals surface area contributed by atoms with E-state index in [0.717, 1.165) is 22.2 Å². The lowest BCUT2D eigenvalue weighted by atomic mass is 9.34. The maximum absolute atomic E-state index is 6.81. The van der Waals surface area contributed by atoms with Crippen LogP contribution in [0.15, 0.2) is 95.4 Å². The third kappa shape index (κ3) is 2.70. The monoisotopic (exact) mass is 579 g/mol. The van der Waals surface area contributed by atoms with Gasteiger partial charge in [-0.15, -0.1) is 0 Å². The summed E-state index contributed by atoms with van der Waals surface area (Å²) in [5.41, 5.74) is 18.6. The largest absolute Gasteiger partial charge is 0.437 e. The standard InChI is InChI=1S/C40H30BN3O/c1-21-14-15-30-26(16-21)27-17-22(2)18-28-36(27)42(30)31-19-23(40(3,4)5)20-32-35(31)41(28)34-24-10-6-8-12-29(24)43-37-25-11-7-9-13-33(25)45-39(37)44(32)38(34)43/h6-20H,1-5H3. The number of rotatable bonds is 0. The van der Waals surface area contributed by atoms with E-state index >= 15 is 0 Å². The van der Waals surface area contributed by atoms with E-state index in [1.54, 1.807) is 0 Å². The molecule has 0 saturated carbocycles. The van der Waals surface area contributed by atoms with Crippen molar-refractivity contribution in [3.8, 4) is 11.4 Å². The molecule has 0 atom stereocenters. The molecule has 0 amide bonds. The van der Waals surface area contributed by atoms with Crippen molar-refractivity contribution in [2.24, 2.45) is 0 Å². The van der Waals surface area contributed by atoms with Crippen LogP contribution in [-0.4, -0.2) is 20.2 Å². The molecule has 5 heteroatoms. The van der Waals surface area contributed by atoms with Crippen molar-refractivity contribution in [1.82, 2.24) is 13.5 Å². The first-order valence-electron chi connectivity index (χ1n) is 16.0. The van der Waals surface area contributed by atoms with E-state index in [-0.39, 0.29) is 12.1 Å². The molecule has 4 aromatic heterocycles. The zero-order valence-electron chi connectivity index (χ0n) is 26.0. The van der Waals surface area contributed by atoms with Crippen LogP contribution in [0.4, 0.5) is 0 Å². The first-order chi connectivity index (χ1) is 21.8. The number of fused-ring (bicyclic) bond motifs is 15. The van der Waals surface area contributed by atoms with E-state index in [1.165, 1.54) is 82.8 Å². The number of para-hydroxylation sites is 2. The second-order valence-corrected chi connectivity index (χ2v) is 14.4. The van der Waals surface area contributed by atoms with Gasteiger partial charge in [-0.25, -0.2) is 0 Å². The molecular formula is C40H30BN3O. The molecule has 214 valence electrons. The Bertz CT molecular complexity index is 2830. The summed E-state index contributed by atoms with van der Waals surface area (Å²) >= 11 is 0. The number of aryl methyl sites for hydroxylation is 2. The van der Waals surface area contributed by atoms with Crippen molar-refractivity contribution in [2.75, 3.05) is 0 Å². The average Bonchev–Trinajstić information content (AvgIpc) is 3.73. The molecule has 0 N–H and O–H groups in total. The molecule has 6 heterocycles. The molecule has 0 unspecified atom stereocenters. The fourth-order valence-electron chi connectivity index (χ4n) is 8.78. The Labute approximate surface area is 260 Å². The Morgan fingerprint density at radius 3 is 2.18 bits per heavy atom. The van der Waals surface area contributed by atoms with Gasteiger partial charge in [-0.3, -0.25) is 8.97 Å². The summed E-state index contributed by atoms with van der Waals surface area (Å²) in [6.07, 6.45) is 0. The van der Waals surface area contributed by atoms with Gasteiger partial charge in [0.2, 0.25) is 5.71 Å². The van der Waals surface area contributed by atoms with Gasteiger partial charge in [0.05, 0.1) is 11.0 Å². The topological polar surface area (TPSA) is 27.4 Å². The Balaban J connectivity index is 1.46. The minimum atomic E-state index is -0.0450. The van der Waals surface area contributed by atoms with Crippen LogP contribution in [0.3, 0.4) is 0 Å². The van der Waals surface area contributed by atoms with Gasteiger partial charge in [-0.2, -0.15) is 0 Å². The highest BCUT2D eigenvalue weighted by molar-refractivity contribution is 7.01. The maximum Gasteiger partial charge on any atom is 0.255 e. The Kier molecular flexibility index (Phi) is 4.06. The van der Waals surface area contributed by atoms with Crippen molar-refractivity contribution in [1.29, 1.82) is 0 Å². The number of benzene rings is 5. The Morgan fingerprint density at radius 1 is 0.622 bits per heavy atom. The van der Waals surface area contributed by atoms with Crippen LogP contribution in [0.2, 0.25) is 0 Å². The van der Waals surface area contributed by atoms with Crippen molar-refractivity contribution in [3.05, 3.63) is 108 Å². The molecule has 0 bridgehead atoms. The summed E-state index contributed by atoms with van der Waals surface area (Å²) < 4.78 is 14.3. The number of imidazole rings is 1. The lowest BCUT2D eigenvalue weighted by Crippen LogP contribution is -2.59. The number of hydrogen-bond donors (Lipinski definition) is 0. The molecule has 9 aromatic rings. The Morgan fingerprint density at radius 2 is 1.36 bits per heavy atom. The van der Waals surface area contributed by atoms with Crippen molar-refractivity contribution >= 4 is 83.7 Å². The minimum absolute atomic E-state index is 0.0450. The van der Waals surface area contributed by atoms with Crippen molar-refractivity contribution < 1.29 is 4.42 Å². The molecular weight excluding hydrogens is 549 g/mol. The summed E-state index contributed by atoms with van der Waals surface area (Å²) in [6.45, 7) is 11.5. The quantitative estimate of drug-likeness (QED) is 0.168. The molecule has 0 saturated heterocycles. The second kappa shape index (κ2) is 7.55. The molecule has 2 aliphatic heterocycles. The summed E-state index contributed by atoms with van der Waals surface area (Å²) in [5.74, 6) is 0. The summed E-state index contributed by atoms with van der Waals surface area (Å²) in [5, 5.41) is 5.13. The number of hydrogen-bond acceptors (Lipinski definition) is 1. The lowest BCUT2D eigenvalue weighted by molar-refractivity contribution is 0.589. The highest BCUT2D eigenvalue weighted by Crippen LogP contribution is 2.43. The van der Waals surface area contributed by atoms with E-state index in [9.17, 15) is 0 Å².